The lowest BCUT2D eigenvalue weighted by Gasteiger charge is -2.13. The van der Waals surface area contributed by atoms with E-state index in [1.807, 2.05) is 31.2 Å². The molecule has 0 saturated heterocycles. The van der Waals surface area contributed by atoms with Crippen molar-refractivity contribution in [1.29, 1.82) is 0 Å². The zero-order valence-electron chi connectivity index (χ0n) is 16.2. The number of hydrogen-bond acceptors (Lipinski definition) is 5. The van der Waals surface area contributed by atoms with Gasteiger partial charge in [0.25, 0.3) is 0 Å². The van der Waals surface area contributed by atoms with E-state index >= 15 is 0 Å². The first-order chi connectivity index (χ1) is 13.6. The lowest BCUT2D eigenvalue weighted by Crippen LogP contribution is -2.08. The second-order valence-corrected chi connectivity index (χ2v) is 5.80. The molecule has 0 radical (unpaired) electrons. The van der Waals surface area contributed by atoms with Crippen LogP contribution in [0, 0.1) is 5.82 Å². The Hall–Kier alpha value is -3.28. The Labute approximate surface area is 164 Å². The largest absolute Gasteiger partial charge is 0.503 e. The number of ether oxygens (including phenoxy) is 3. The standard InChI is InChI=1S/C22H24FNO4/c1-4-5-12-24-21-11-10-17(13-20(21)23)28-14-16-8-6-7-9-18(16)19(15-26-2)22(25)27-3/h4-11,13,15,24H,12,14H2,1-3H3/b5-4+,19-15+. The summed E-state index contributed by atoms with van der Waals surface area (Å²) < 4.78 is 29.8. The van der Waals surface area contributed by atoms with E-state index in [1.165, 1.54) is 26.5 Å². The van der Waals surface area contributed by atoms with Gasteiger partial charge >= 0.3 is 5.97 Å². The summed E-state index contributed by atoms with van der Waals surface area (Å²) in [5, 5.41) is 2.98. The van der Waals surface area contributed by atoms with Gasteiger partial charge in [-0.2, -0.15) is 0 Å². The van der Waals surface area contributed by atoms with E-state index in [4.69, 9.17) is 14.2 Å². The van der Waals surface area contributed by atoms with E-state index in [2.05, 4.69) is 5.32 Å². The Morgan fingerprint density at radius 2 is 1.96 bits per heavy atom. The Morgan fingerprint density at radius 1 is 1.18 bits per heavy atom. The molecule has 6 heteroatoms. The molecule has 2 aromatic carbocycles. The maximum atomic E-state index is 14.2. The first kappa shape index (κ1) is 21.0. The molecule has 0 bridgehead atoms. The molecule has 0 aromatic heterocycles. The number of esters is 1. The van der Waals surface area contributed by atoms with Crippen LogP contribution in [0.1, 0.15) is 18.1 Å². The van der Waals surface area contributed by atoms with Crippen molar-refractivity contribution in [1.82, 2.24) is 0 Å². The minimum Gasteiger partial charge on any atom is -0.503 e. The fourth-order valence-electron chi connectivity index (χ4n) is 2.54. The number of halogens is 1. The summed E-state index contributed by atoms with van der Waals surface area (Å²) >= 11 is 0. The van der Waals surface area contributed by atoms with E-state index in [-0.39, 0.29) is 12.2 Å². The topological polar surface area (TPSA) is 56.8 Å². The van der Waals surface area contributed by atoms with Crippen LogP contribution in [0.5, 0.6) is 5.75 Å². The summed E-state index contributed by atoms with van der Waals surface area (Å²) in [6.07, 6.45) is 5.11. The molecule has 0 spiro atoms. The van der Waals surface area contributed by atoms with Crippen LogP contribution in [0.2, 0.25) is 0 Å². The first-order valence-electron chi connectivity index (χ1n) is 8.77. The monoisotopic (exact) mass is 385 g/mol. The number of allylic oxidation sites excluding steroid dienone is 1. The van der Waals surface area contributed by atoms with Crippen molar-refractivity contribution in [3.05, 3.63) is 77.8 Å². The summed E-state index contributed by atoms with van der Waals surface area (Å²) in [6, 6.07) is 11.9. The Bertz CT molecular complexity index is 861. The average molecular weight is 385 g/mol. The highest BCUT2D eigenvalue weighted by Crippen LogP contribution is 2.25. The Morgan fingerprint density at radius 3 is 2.64 bits per heavy atom. The molecule has 0 fully saturated rings. The summed E-state index contributed by atoms with van der Waals surface area (Å²) in [7, 11) is 2.76. The summed E-state index contributed by atoms with van der Waals surface area (Å²) in [4.78, 5) is 12.0. The zero-order chi connectivity index (χ0) is 20.4. The van der Waals surface area contributed by atoms with Gasteiger partial charge in [0.05, 0.1) is 26.2 Å². The quantitative estimate of drug-likeness (QED) is 0.297. The Balaban J connectivity index is 2.16. The lowest BCUT2D eigenvalue weighted by atomic mass is 10.0. The summed E-state index contributed by atoms with van der Waals surface area (Å²) in [5.74, 6) is -0.527. The van der Waals surface area contributed by atoms with Crippen molar-refractivity contribution in [2.45, 2.75) is 13.5 Å². The highest BCUT2D eigenvalue weighted by Gasteiger charge is 2.17. The van der Waals surface area contributed by atoms with Crippen LogP contribution in [0.15, 0.2) is 60.9 Å². The number of carbonyl (C=O) groups is 1. The van der Waals surface area contributed by atoms with Gasteiger partial charge in [-0.1, -0.05) is 36.4 Å². The van der Waals surface area contributed by atoms with Gasteiger partial charge in [0.15, 0.2) is 0 Å². The molecule has 0 saturated carbocycles. The van der Waals surface area contributed by atoms with E-state index in [0.29, 0.717) is 23.5 Å². The van der Waals surface area contributed by atoms with Crippen LogP contribution < -0.4 is 10.1 Å². The maximum absolute atomic E-state index is 14.2. The van der Waals surface area contributed by atoms with Gasteiger partial charge in [0, 0.05) is 12.6 Å². The molecule has 2 rings (SSSR count). The molecule has 5 nitrogen and oxygen atoms in total. The van der Waals surface area contributed by atoms with Crippen molar-refractivity contribution in [2.24, 2.45) is 0 Å². The normalized spacial score (nSPS) is 11.4. The third-order valence-electron chi connectivity index (χ3n) is 3.93. The van der Waals surface area contributed by atoms with Gasteiger partial charge in [0.1, 0.15) is 23.7 Å². The van der Waals surface area contributed by atoms with E-state index < -0.39 is 11.8 Å². The average Bonchev–Trinajstić information content (AvgIpc) is 2.72. The number of benzene rings is 2. The number of hydrogen-bond donors (Lipinski definition) is 1. The minimum absolute atomic E-state index is 0.152. The maximum Gasteiger partial charge on any atom is 0.341 e. The lowest BCUT2D eigenvalue weighted by molar-refractivity contribution is -0.133. The second kappa shape index (κ2) is 10.8. The number of rotatable bonds is 9. The number of methoxy groups -OCH3 is 2. The van der Waals surface area contributed by atoms with Gasteiger partial charge in [-0.05, 0) is 30.2 Å². The van der Waals surface area contributed by atoms with Crippen LogP contribution in [-0.4, -0.2) is 26.7 Å². The zero-order valence-corrected chi connectivity index (χ0v) is 16.2. The van der Waals surface area contributed by atoms with Crippen molar-refractivity contribution in [3.8, 4) is 5.75 Å². The van der Waals surface area contributed by atoms with Crippen LogP contribution >= 0.6 is 0 Å². The molecular formula is C22H24FNO4. The van der Waals surface area contributed by atoms with Crippen LogP contribution in [0.4, 0.5) is 10.1 Å². The van der Waals surface area contributed by atoms with E-state index in [1.54, 1.807) is 24.3 Å². The SMILES string of the molecule is C/C=C/CNc1ccc(OCc2ccccc2/C(=C\OC)C(=O)OC)cc1F. The van der Waals surface area contributed by atoms with Crippen molar-refractivity contribution in [3.63, 3.8) is 0 Å². The third kappa shape index (κ3) is 5.61. The molecule has 0 aliphatic heterocycles. The highest BCUT2D eigenvalue weighted by molar-refractivity contribution is 6.16. The molecule has 2 aromatic rings. The van der Waals surface area contributed by atoms with Crippen molar-refractivity contribution >= 4 is 17.2 Å². The molecule has 0 heterocycles. The van der Waals surface area contributed by atoms with Gasteiger partial charge in [0.2, 0.25) is 0 Å². The van der Waals surface area contributed by atoms with E-state index in [0.717, 1.165) is 5.56 Å². The molecule has 148 valence electrons. The van der Waals surface area contributed by atoms with Crippen LogP contribution in [0.3, 0.4) is 0 Å². The fraction of sp³-hybridized carbons (Fsp3) is 0.227. The molecule has 0 unspecified atom stereocenters. The number of nitrogens with one attached hydrogen (secondary N) is 1. The van der Waals surface area contributed by atoms with Gasteiger partial charge in [-0.3, -0.25) is 0 Å². The van der Waals surface area contributed by atoms with Crippen LogP contribution in [0.25, 0.3) is 5.57 Å². The molecule has 0 aliphatic carbocycles. The Kier molecular flexibility index (Phi) is 8.09. The molecular weight excluding hydrogens is 361 g/mol. The molecule has 28 heavy (non-hydrogen) atoms. The smallest absolute Gasteiger partial charge is 0.341 e. The summed E-state index contributed by atoms with van der Waals surface area (Å²) in [5.41, 5.74) is 2.05. The summed E-state index contributed by atoms with van der Waals surface area (Å²) in [6.45, 7) is 2.60. The highest BCUT2D eigenvalue weighted by atomic mass is 19.1. The molecule has 0 amide bonds. The van der Waals surface area contributed by atoms with E-state index in [9.17, 15) is 9.18 Å². The number of anilines is 1. The molecule has 0 aliphatic rings. The predicted octanol–water partition coefficient (Wildman–Crippen LogP) is 4.55. The van der Waals surface area contributed by atoms with Crippen molar-refractivity contribution in [2.75, 3.05) is 26.1 Å². The van der Waals surface area contributed by atoms with Gasteiger partial charge in [-0.15, -0.1) is 0 Å². The third-order valence-corrected chi connectivity index (χ3v) is 3.93. The molecule has 0 atom stereocenters. The van der Waals surface area contributed by atoms with Gasteiger partial charge in [-0.25, -0.2) is 9.18 Å². The number of carbonyl (C=O) groups excluding carboxylic acids is 1. The van der Waals surface area contributed by atoms with Crippen molar-refractivity contribution < 1.29 is 23.4 Å². The fourth-order valence-corrected chi connectivity index (χ4v) is 2.54. The van der Waals surface area contributed by atoms with Gasteiger partial charge < -0.3 is 19.5 Å². The minimum atomic E-state index is -0.517. The van der Waals surface area contributed by atoms with Crippen LogP contribution in [-0.2, 0) is 20.9 Å². The first-order valence-corrected chi connectivity index (χ1v) is 8.77. The predicted molar refractivity (Wildman–Crippen MR) is 107 cm³/mol. The second-order valence-electron chi connectivity index (χ2n) is 5.80. The molecule has 1 N–H and O–H groups in total.